The van der Waals surface area contributed by atoms with Crippen LogP contribution in [0.15, 0.2) is 61.2 Å². The van der Waals surface area contributed by atoms with E-state index in [9.17, 15) is 9.59 Å². The molecule has 3 amide bonds. The van der Waals surface area contributed by atoms with Crippen LogP contribution in [0.1, 0.15) is 43.1 Å². The number of benzene rings is 2. The molecule has 0 unspecified atom stereocenters. The maximum atomic E-state index is 13.8. The van der Waals surface area contributed by atoms with Crippen LogP contribution in [0.2, 0.25) is 0 Å². The summed E-state index contributed by atoms with van der Waals surface area (Å²) in [7, 11) is 0. The number of hydrogen-bond acceptors (Lipinski definition) is 4. The Balaban J connectivity index is 1.58. The molecule has 2 aromatic carbocycles. The van der Waals surface area contributed by atoms with Crippen molar-refractivity contribution < 1.29 is 14.3 Å². The molecule has 35 heavy (non-hydrogen) atoms. The Morgan fingerprint density at radius 1 is 1.20 bits per heavy atom. The zero-order chi connectivity index (χ0) is 24.6. The molecule has 182 valence electrons. The molecule has 0 saturated carbocycles. The highest BCUT2D eigenvalue weighted by Gasteiger charge is 2.59. The van der Waals surface area contributed by atoms with Crippen LogP contribution in [0.4, 0.5) is 4.79 Å². The number of imide groups is 1. The van der Waals surface area contributed by atoms with E-state index in [2.05, 4.69) is 16.9 Å². The number of urea groups is 1. The number of H-pyrrole nitrogens is 1. The van der Waals surface area contributed by atoms with Gasteiger partial charge in [-0.1, -0.05) is 36.4 Å². The fraction of sp³-hybridized carbons (Fsp3) is 0.357. The Kier molecular flexibility index (Phi) is 6.11. The molecular weight excluding hydrogens is 440 g/mol. The van der Waals surface area contributed by atoms with Gasteiger partial charge in [-0.15, -0.1) is 6.58 Å². The second kappa shape index (κ2) is 9.23. The lowest BCUT2D eigenvalue weighted by Gasteiger charge is -2.42. The van der Waals surface area contributed by atoms with Crippen LogP contribution in [0.5, 0.6) is 5.75 Å². The van der Waals surface area contributed by atoms with Gasteiger partial charge in [-0.25, -0.2) is 4.79 Å². The Morgan fingerprint density at radius 2 is 2.00 bits per heavy atom. The van der Waals surface area contributed by atoms with Gasteiger partial charge in [-0.2, -0.15) is 0 Å². The molecule has 0 spiro atoms. The van der Waals surface area contributed by atoms with Crippen molar-refractivity contribution in [2.24, 2.45) is 0 Å². The minimum atomic E-state index is -0.970. The zero-order valence-corrected chi connectivity index (χ0v) is 20.3. The summed E-state index contributed by atoms with van der Waals surface area (Å²) in [5, 5.41) is 4.33. The lowest BCUT2D eigenvalue weighted by molar-refractivity contribution is -0.133. The molecule has 3 heterocycles. The lowest BCUT2D eigenvalue weighted by atomic mass is 9.81. The number of hydrogen-bond donors (Lipinski definition) is 2. The minimum absolute atomic E-state index is 0.144. The number of aromatic amines is 1. The van der Waals surface area contributed by atoms with Gasteiger partial charge in [0.15, 0.2) is 0 Å². The topological polar surface area (TPSA) is 77.7 Å². The van der Waals surface area contributed by atoms with Gasteiger partial charge >= 0.3 is 6.03 Å². The first-order valence-corrected chi connectivity index (χ1v) is 12.3. The summed E-state index contributed by atoms with van der Waals surface area (Å²) in [4.78, 5) is 34.3. The van der Waals surface area contributed by atoms with Gasteiger partial charge in [-0.05, 0) is 56.1 Å². The van der Waals surface area contributed by atoms with Crippen LogP contribution in [0.3, 0.4) is 0 Å². The van der Waals surface area contributed by atoms with Crippen LogP contribution in [-0.4, -0.2) is 58.5 Å². The summed E-state index contributed by atoms with van der Waals surface area (Å²) in [5.74, 6) is 0.654. The number of nitrogens with one attached hydrogen (secondary N) is 2. The van der Waals surface area contributed by atoms with Crippen molar-refractivity contribution in [1.29, 1.82) is 0 Å². The maximum absolute atomic E-state index is 13.8. The minimum Gasteiger partial charge on any atom is -0.494 e. The maximum Gasteiger partial charge on any atom is 0.328 e. The van der Waals surface area contributed by atoms with Crippen molar-refractivity contribution in [3.05, 3.63) is 78.0 Å². The molecule has 1 saturated heterocycles. The number of carbonyl (C=O) groups is 2. The molecule has 0 aliphatic carbocycles. The molecule has 0 radical (unpaired) electrons. The monoisotopic (exact) mass is 472 g/mol. The molecule has 2 aliphatic rings. The fourth-order valence-corrected chi connectivity index (χ4v) is 5.45. The van der Waals surface area contributed by atoms with E-state index in [4.69, 9.17) is 4.74 Å². The predicted octanol–water partition coefficient (Wildman–Crippen LogP) is 4.40. The van der Waals surface area contributed by atoms with Gasteiger partial charge in [0, 0.05) is 36.1 Å². The summed E-state index contributed by atoms with van der Waals surface area (Å²) in [6.07, 6.45) is 3.14. The van der Waals surface area contributed by atoms with Gasteiger partial charge in [0.05, 0.1) is 6.61 Å². The van der Waals surface area contributed by atoms with E-state index in [0.717, 1.165) is 46.4 Å². The molecule has 1 aromatic heterocycles. The van der Waals surface area contributed by atoms with E-state index in [1.165, 1.54) is 4.90 Å². The van der Waals surface area contributed by atoms with E-state index in [-0.39, 0.29) is 18.0 Å². The number of rotatable bonds is 9. The molecule has 1 fully saturated rings. The largest absolute Gasteiger partial charge is 0.494 e. The number of nitrogens with zero attached hydrogens (tertiary/aromatic N) is 2. The molecule has 2 aliphatic heterocycles. The first kappa shape index (κ1) is 23.2. The average Bonchev–Trinajstić information content (AvgIpc) is 3.30. The van der Waals surface area contributed by atoms with Crippen molar-refractivity contribution in [1.82, 2.24) is 20.1 Å². The Labute approximate surface area is 205 Å². The lowest BCUT2D eigenvalue weighted by Crippen LogP contribution is -2.53. The molecule has 2 N–H and O–H groups in total. The van der Waals surface area contributed by atoms with E-state index >= 15 is 0 Å². The van der Waals surface area contributed by atoms with Crippen molar-refractivity contribution >= 4 is 22.8 Å². The van der Waals surface area contributed by atoms with Crippen LogP contribution < -0.4 is 10.1 Å². The van der Waals surface area contributed by atoms with Crippen LogP contribution in [0, 0.1) is 0 Å². The highest BCUT2D eigenvalue weighted by molar-refractivity contribution is 6.08. The number of aromatic nitrogens is 1. The van der Waals surface area contributed by atoms with Crippen molar-refractivity contribution in [3.63, 3.8) is 0 Å². The number of amides is 3. The first-order chi connectivity index (χ1) is 17.0. The third kappa shape index (κ3) is 3.80. The summed E-state index contributed by atoms with van der Waals surface area (Å²) < 4.78 is 5.76. The third-order valence-corrected chi connectivity index (χ3v) is 7.10. The van der Waals surface area contributed by atoms with Gasteiger partial charge in [0.1, 0.15) is 17.3 Å². The summed E-state index contributed by atoms with van der Waals surface area (Å²) in [6.45, 7) is 9.84. The van der Waals surface area contributed by atoms with Gasteiger partial charge in [-0.3, -0.25) is 14.6 Å². The summed E-state index contributed by atoms with van der Waals surface area (Å²) in [6, 6.07) is 15.3. The second-order valence-corrected chi connectivity index (χ2v) is 9.36. The van der Waals surface area contributed by atoms with Crippen LogP contribution >= 0.6 is 0 Å². The Morgan fingerprint density at radius 3 is 2.74 bits per heavy atom. The molecule has 7 heteroatoms. The third-order valence-electron chi connectivity index (χ3n) is 7.10. The summed E-state index contributed by atoms with van der Waals surface area (Å²) in [5.41, 5.74) is 3.02. The van der Waals surface area contributed by atoms with E-state index < -0.39 is 5.54 Å². The van der Waals surface area contributed by atoms with Gasteiger partial charge < -0.3 is 15.0 Å². The number of carbonyl (C=O) groups excluding carboxylic acids is 2. The first-order valence-electron chi connectivity index (χ1n) is 12.3. The van der Waals surface area contributed by atoms with E-state index in [0.29, 0.717) is 26.1 Å². The highest BCUT2D eigenvalue weighted by atomic mass is 16.5. The smallest absolute Gasteiger partial charge is 0.328 e. The van der Waals surface area contributed by atoms with Gasteiger partial charge in [0.25, 0.3) is 5.91 Å². The molecular formula is C28H32N4O3. The predicted molar refractivity (Wildman–Crippen MR) is 136 cm³/mol. The standard InChI is InChI=1S/C28H32N4O3/c1-4-6-14-29-15-16-31-26(33)28(3)18-22-21-17-20(35-5-2)12-13-23(21)30-24(22)25(32(28)27(31)34)19-10-8-7-9-11-19/h4,7-13,17,25,29-30H,1,5-6,14-16,18H2,2-3H3/t25-,28+/m1/s1. The van der Waals surface area contributed by atoms with Crippen molar-refractivity contribution in [2.75, 3.05) is 26.2 Å². The van der Waals surface area contributed by atoms with Crippen LogP contribution in [-0.2, 0) is 11.2 Å². The number of fused-ring (bicyclic) bond motifs is 4. The Bertz CT molecular complexity index is 1270. The second-order valence-electron chi connectivity index (χ2n) is 9.36. The number of ether oxygens (including phenoxy) is 1. The van der Waals surface area contributed by atoms with E-state index in [1.54, 1.807) is 4.90 Å². The molecule has 7 nitrogen and oxygen atoms in total. The zero-order valence-electron chi connectivity index (χ0n) is 20.3. The van der Waals surface area contributed by atoms with E-state index in [1.807, 2.05) is 68.5 Å². The van der Waals surface area contributed by atoms with Crippen molar-refractivity contribution in [3.8, 4) is 5.75 Å². The summed E-state index contributed by atoms with van der Waals surface area (Å²) >= 11 is 0. The van der Waals surface area contributed by atoms with Gasteiger partial charge in [0.2, 0.25) is 0 Å². The quantitative estimate of drug-likeness (QED) is 0.275. The molecule has 3 aromatic rings. The van der Waals surface area contributed by atoms with Crippen LogP contribution in [0.25, 0.3) is 10.9 Å². The Hall–Kier alpha value is -3.58. The fourth-order valence-electron chi connectivity index (χ4n) is 5.45. The SMILES string of the molecule is C=CCCNCCN1C(=O)N2[C@H](c3ccccc3)c3[nH]c4ccc(OCC)cc4c3C[C@@]2(C)C1=O. The normalized spacial score (nSPS) is 21.4. The molecule has 0 bridgehead atoms. The molecule has 5 rings (SSSR count). The average molecular weight is 473 g/mol. The van der Waals surface area contributed by atoms with Crippen molar-refractivity contribution in [2.45, 2.75) is 38.3 Å². The molecule has 2 atom stereocenters. The highest BCUT2D eigenvalue weighted by Crippen LogP contribution is 2.48.